The van der Waals surface area contributed by atoms with Crippen molar-refractivity contribution in [3.8, 4) is 0 Å². The summed E-state index contributed by atoms with van der Waals surface area (Å²) < 4.78 is 0. The predicted molar refractivity (Wildman–Crippen MR) is 59.4 cm³/mol. The first kappa shape index (κ1) is 9.97. The minimum Gasteiger partial charge on any atom is -0.326 e. The Bertz CT molecular complexity index is 317. The van der Waals surface area contributed by atoms with Crippen LogP contribution in [0.4, 0.5) is 0 Å². The fourth-order valence-corrected chi connectivity index (χ4v) is 2.37. The summed E-state index contributed by atoms with van der Waals surface area (Å²) in [5.74, 6) is 0. The Morgan fingerprint density at radius 3 is 2.86 bits per heavy atom. The van der Waals surface area contributed by atoms with Gasteiger partial charge in [0.15, 0.2) is 0 Å². The van der Waals surface area contributed by atoms with Crippen LogP contribution >= 0.6 is 11.6 Å². The zero-order valence-corrected chi connectivity index (χ0v) is 9.04. The molecule has 0 amide bonds. The molecule has 1 saturated heterocycles. The molecule has 0 aromatic heterocycles. The normalized spacial score (nSPS) is 28.2. The number of benzene rings is 1. The van der Waals surface area contributed by atoms with Crippen molar-refractivity contribution >= 4 is 11.6 Å². The molecule has 0 aliphatic carbocycles. The van der Waals surface area contributed by atoms with Gasteiger partial charge in [-0.3, -0.25) is 4.90 Å². The van der Waals surface area contributed by atoms with Gasteiger partial charge in [-0.05, 0) is 31.2 Å². The molecule has 0 radical (unpaired) electrons. The predicted octanol–water partition coefficient (Wildman–Crippen LogP) is 2.04. The van der Waals surface area contributed by atoms with Gasteiger partial charge in [-0.25, -0.2) is 0 Å². The van der Waals surface area contributed by atoms with Gasteiger partial charge in [0.05, 0.1) is 0 Å². The fourth-order valence-electron chi connectivity index (χ4n) is 2.17. The average Bonchev–Trinajstić information content (AvgIpc) is 2.46. The smallest absolute Gasteiger partial charge is 0.0497 e. The van der Waals surface area contributed by atoms with E-state index >= 15 is 0 Å². The number of likely N-dealkylation sites (tertiary alicyclic amines) is 1. The van der Waals surface area contributed by atoms with Gasteiger partial charge in [0.1, 0.15) is 0 Å². The Balaban J connectivity index is 2.29. The second-order valence-electron chi connectivity index (χ2n) is 3.93. The van der Waals surface area contributed by atoms with Crippen molar-refractivity contribution in [1.29, 1.82) is 0 Å². The van der Waals surface area contributed by atoms with Crippen LogP contribution in [0, 0.1) is 0 Å². The number of halogens is 1. The Morgan fingerprint density at radius 2 is 2.29 bits per heavy atom. The van der Waals surface area contributed by atoms with Crippen LogP contribution in [0.15, 0.2) is 24.3 Å². The molecule has 1 aliphatic heterocycles. The van der Waals surface area contributed by atoms with E-state index < -0.39 is 0 Å². The highest BCUT2D eigenvalue weighted by molar-refractivity contribution is 6.30. The summed E-state index contributed by atoms with van der Waals surface area (Å²) in [4.78, 5) is 2.29. The summed E-state index contributed by atoms with van der Waals surface area (Å²) in [7, 11) is 2.11. The number of rotatable bonds is 1. The van der Waals surface area contributed by atoms with E-state index in [1.165, 1.54) is 5.56 Å². The standard InChI is InChI=1S/C11H15ClN2/c1-14-6-5-10(13)11(14)8-3-2-4-9(12)7-8/h2-4,7,10-11H,5-6,13H2,1H3. The highest BCUT2D eigenvalue weighted by Gasteiger charge is 2.29. The second-order valence-corrected chi connectivity index (χ2v) is 4.37. The summed E-state index contributed by atoms with van der Waals surface area (Å²) in [5, 5.41) is 0.787. The molecule has 1 aliphatic rings. The number of hydrogen-bond donors (Lipinski definition) is 1. The zero-order chi connectivity index (χ0) is 10.1. The van der Waals surface area contributed by atoms with E-state index in [0.29, 0.717) is 6.04 Å². The van der Waals surface area contributed by atoms with Crippen molar-refractivity contribution in [3.63, 3.8) is 0 Å². The number of likely N-dealkylation sites (N-methyl/N-ethyl adjacent to an activating group) is 1. The Kier molecular flexibility index (Phi) is 2.77. The summed E-state index contributed by atoms with van der Waals surface area (Å²) in [6.07, 6.45) is 1.06. The summed E-state index contributed by atoms with van der Waals surface area (Å²) in [5.41, 5.74) is 7.29. The monoisotopic (exact) mass is 210 g/mol. The molecule has 14 heavy (non-hydrogen) atoms. The van der Waals surface area contributed by atoms with E-state index in [1.807, 2.05) is 18.2 Å². The van der Waals surface area contributed by atoms with Gasteiger partial charge in [-0.1, -0.05) is 23.7 Å². The first-order valence-electron chi connectivity index (χ1n) is 4.90. The van der Waals surface area contributed by atoms with Gasteiger partial charge < -0.3 is 5.73 Å². The summed E-state index contributed by atoms with van der Waals surface area (Å²) in [6.45, 7) is 1.07. The molecule has 2 nitrogen and oxygen atoms in total. The lowest BCUT2D eigenvalue weighted by Gasteiger charge is -2.23. The molecule has 1 heterocycles. The van der Waals surface area contributed by atoms with Gasteiger partial charge in [0.25, 0.3) is 0 Å². The Labute approximate surface area is 89.7 Å². The van der Waals surface area contributed by atoms with Crippen LogP contribution in [0.5, 0.6) is 0 Å². The molecule has 0 bridgehead atoms. The van der Waals surface area contributed by atoms with E-state index in [4.69, 9.17) is 17.3 Å². The maximum absolute atomic E-state index is 6.07. The molecule has 0 saturated carbocycles. The Morgan fingerprint density at radius 1 is 1.50 bits per heavy atom. The van der Waals surface area contributed by atoms with Gasteiger partial charge in [0.2, 0.25) is 0 Å². The third kappa shape index (κ3) is 1.78. The van der Waals surface area contributed by atoms with E-state index in [-0.39, 0.29) is 6.04 Å². The van der Waals surface area contributed by atoms with Crippen LogP contribution in [0.3, 0.4) is 0 Å². The van der Waals surface area contributed by atoms with Crippen molar-refractivity contribution < 1.29 is 0 Å². The average molecular weight is 211 g/mol. The van der Waals surface area contributed by atoms with E-state index in [9.17, 15) is 0 Å². The molecular formula is C11H15ClN2. The molecule has 2 N–H and O–H groups in total. The van der Waals surface area contributed by atoms with Crippen molar-refractivity contribution in [2.75, 3.05) is 13.6 Å². The number of nitrogens with two attached hydrogens (primary N) is 1. The van der Waals surface area contributed by atoms with Crippen molar-refractivity contribution in [3.05, 3.63) is 34.9 Å². The van der Waals surface area contributed by atoms with E-state index in [1.54, 1.807) is 0 Å². The highest BCUT2D eigenvalue weighted by Crippen LogP contribution is 2.30. The molecule has 2 rings (SSSR count). The van der Waals surface area contributed by atoms with Gasteiger partial charge >= 0.3 is 0 Å². The molecule has 1 aromatic carbocycles. The van der Waals surface area contributed by atoms with Crippen LogP contribution in [0.25, 0.3) is 0 Å². The third-order valence-corrected chi connectivity index (χ3v) is 3.12. The molecule has 0 spiro atoms. The molecule has 3 heteroatoms. The van der Waals surface area contributed by atoms with Gasteiger partial charge in [-0.15, -0.1) is 0 Å². The largest absolute Gasteiger partial charge is 0.326 e. The molecule has 1 aromatic rings. The van der Waals surface area contributed by atoms with E-state index in [2.05, 4.69) is 18.0 Å². The Hall–Kier alpha value is -0.570. The van der Waals surface area contributed by atoms with Gasteiger partial charge in [0, 0.05) is 23.7 Å². The minimum atomic E-state index is 0.235. The molecular weight excluding hydrogens is 196 g/mol. The minimum absolute atomic E-state index is 0.235. The van der Waals surface area contributed by atoms with Crippen LogP contribution in [0.1, 0.15) is 18.0 Å². The third-order valence-electron chi connectivity index (χ3n) is 2.89. The molecule has 2 unspecified atom stereocenters. The maximum Gasteiger partial charge on any atom is 0.0497 e. The second kappa shape index (κ2) is 3.89. The summed E-state index contributed by atoms with van der Waals surface area (Å²) in [6, 6.07) is 8.54. The zero-order valence-electron chi connectivity index (χ0n) is 8.28. The fraction of sp³-hybridized carbons (Fsp3) is 0.455. The lowest BCUT2D eigenvalue weighted by Crippen LogP contribution is -2.29. The highest BCUT2D eigenvalue weighted by atomic mass is 35.5. The number of nitrogens with zero attached hydrogens (tertiary/aromatic N) is 1. The lowest BCUT2D eigenvalue weighted by atomic mass is 10.0. The SMILES string of the molecule is CN1CCC(N)C1c1cccc(Cl)c1. The summed E-state index contributed by atoms with van der Waals surface area (Å²) >= 11 is 5.96. The molecule has 76 valence electrons. The topological polar surface area (TPSA) is 29.3 Å². The molecule has 2 atom stereocenters. The van der Waals surface area contributed by atoms with Crippen LogP contribution in [0.2, 0.25) is 5.02 Å². The number of hydrogen-bond acceptors (Lipinski definition) is 2. The lowest BCUT2D eigenvalue weighted by molar-refractivity contribution is 0.304. The van der Waals surface area contributed by atoms with Crippen molar-refractivity contribution in [2.45, 2.75) is 18.5 Å². The quantitative estimate of drug-likeness (QED) is 0.769. The maximum atomic E-state index is 6.07. The first-order chi connectivity index (χ1) is 6.68. The van der Waals surface area contributed by atoms with Crippen LogP contribution in [-0.4, -0.2) is 24.5 Å². The molecule has 1 fully saturated rings. The van der Waals surface area contributed by atoms with Crippen LogP contribution in [-0.2, 0) is 0 Å². The van der Waals surface area contributed by atoms with Crippen LogP contribution < -0.4 is 5.73 Å². The first-order valence-corrected chi connectivity index (χ1v) is 5.27. The van der Waals surface area contributed by atoms with Crippen molar-refractivity contribution in [2.24, 2.45) is 5.73 Å². The van der Waals surface area contributed by atoms with Crippen molar-refractivity contribution in [1.82, 2.24) is 4.90 Å². The van der Waals surface area contributed by atoms with E-state index in [0.717, 1.165) is 18.0 Å². The van der Waals surface area contributed by atoms with Gasteiger partial charge in [-0.2, -0.15) is 0 Å².